The number of nitrogens with zero attached hydrogens (tertiary/aromatic N) is 6. The molecule has 0 bridgehead atoms. The summed E-state index contributed by atoms with van der Waals surface area (Å²) in [6.07, 6.45) is 7.76. The third kappa shape index (κ3) is 4.48. The van der Waals surface area contributed by atoms with Crippen LogP contribution in [0.5, 0.6) is 0 Å². The Bertz CT molecular complexity index is 1700. The van der Waals surface area contributed by atoms with Gasteiger partial charge in [-0.2, -0.15) is 9.40 Å². The molecule has 12 heteroatoms. The third-order valence-electron chi connectivity index (χ3n) is 7.20. The van der Waals surface area contributed by atoms with Crippen LogP contribution in [0.2, 0.25) is 0 Å². The van der Waals surface area contributed by atoms with Crippen molar-refractivity contribution in [2.45, 2.75) is 30.7 Å². The Hall–Kier alpha value is -3.61. The lowest BCUT2D eigenvalue weighted by Gasteiger charge is -2.31. The third-order valence-corrected chi connectivity index (χ3v) is 9.09. The lowest BCUT2D eigenvalue weighted by Crippen LogP contribution is -2.47. The molecule has 1 saturated heterocycles. The van der Waals surface area contributed by atoms with Crippen LogP contribution in [0.4, 0.5) is 15.9 Å². The number of benzene rings is 1. The minimum absolute atomic E-state index is 0.0331. The highest BCUT2D eigenvalue weighted by molar-refractivity contribution is 7.89. The molecule has 3 aromatic heterocycles. The topological polar surface area (TPSA) is 105 Å². The van der Waals surface area contributed by atoms with Crippen LogP contribution in [0, 0.1) is 12.7 Å². The Labute approximate surface area is 219 Å². The SMILES string of the molecule is Cc1c(Nc2ccc(S(=O)(=O)N3CCN(C)CC3)cc2F)nc2ccc(-c3cnn(C4CC4)c3)cn2c1=O. The van der Waals surface area contributed by atoms with Gasteiger partial charge in [0, 0.05) is 49.7 Å². The van der Waals surface area contributed by atoms with E-state index in [2.05, 4.69) is 15.4 Å². The van der Waals surface area contributed by atoms with Gasteiger partial charge in [0.2, 0.25) is 10.0 Å². The van der Waals surface area contributed by atoms with Crippen LogP contribution < -0.4 is 10.9 Å². The zero-order valence-corrected chi connectivity index (χ0v) is 21.9. The van der Waals surface area contributed by atoms with Gasteiger partial charge in [-0.3, -0.25) is 13.9 Å². The summed E-state index contributed by atoms with van der Waals surface area (Å²) in [7, 11) is -1.87. The number of halogens is 1. The minimum atomic E-state index is -3.80. The van der Waals surface area contributed by atoms with Crippen LogP contribution >= 0.6 is 0 Å². The lowest BCUT2D eigenvalue weighted by molar-refractivity contribution is 0.222. The van der Waals surface area contributed by atoms with E-state index in [9.17, 15) is 13.2 Å². The number of sulfonamides is 1. The number of aromatic nitrogens is 4. The number of fused-ring (bicyclic) bond motifs is 1. The number of anilines is 2. The Morgan fingerprint density at radius 3 is 2.50 bits per heavy atom. The molecule has 2 fully saturated rings. The van der Waals surface area contributed by atoms with Crippen LogP contribution in [-0.2, 0) is 10.0 Å². The first-order valence-electron chi connectivity index (χ1n) is 12.5. The van der Waals surface area contributed by atoms with E-state index in [1.807, 2.05) is 28.9 Å². The standard InChI is InChI=1S/C26H28FN7O3S/c1-17-25(29-23-7-6-21(13-22(23)27)38(36,37)32-11-9-31(2)10-12-32)30-24-8-3-18(15-33(24)26(17)35)19-14-28-34(16-19)20-4-5-20/h3,6-8,13-16,20,29H,4-5,9-12H2,1-2H3. The molecule has 0 spiro atoms. The highest BCUT2D eigenvalue weighted by Crippen LogP contribution is 2.35. The Kier molecular flexibility index (Phi) is 6.04. The van der Waals surface area contributed by atoms with E-state index in [1.165, 1.54) is 20.8 Å². The maximum Gasteiger partial charge on any atom is 0.262 e. The van der Waals surface area contributed by atoms with Gasteiger partial charge in [0.05, 0.1) is 28.4 Å². The molecule has 1 aliphatic carbocycles. The van der Waals surface area contributed by atoms with Crippen LogP contribution in [-0.4, -0.2) is 70.0 Å². The normalized spacial score (nSPS) is 17.2. The second-order valence-corrected chi connectivity index (χ2v) is 11.9. The summed E-state index contributed by atoms with van der Waals surface area (Å²) in [6.45, 7) is 3.57. The Balaban J connectivity index is 1.27. The Morgan fingerprint density at radius 2 is 1.79 bits per heavy atom. The van der Waals surface area contributed by atoms with Crippen LogP contribution in [0.25, 0.3) is 16.8 Å². The predicted octanol–water partition coefficient (Wildman–Crippen LogP) is 3.02. The van der Waals surface area contributed by atoms with Crippen LogP contribution in [0.15, 0.2) is 58.6 Å². The van der Waals surface area contributed by atoms with Gasteiger partial charge in [0.15, 0.2) is 0 Å². The summed E-state index contributed by atoms with van der Waals surface area (Å²) in [5, 5.41) is 7.30. The molecule has 38 heavy (non-hydrogen) atoms. The summed E-state index contributed by atoms with van der Waals surface area (Å²) in [6, 6.07) is 7.81. The molecular formula is C26H28FN7O3S. The summed E-state index contributed by atoms with van der Waals surface area (Å²) in [5.74, 6) is -0.539. The molecule has 0 atom stereocenters. The van der Waals surface area contributed by atoms with Gasteiger partial charge in [0.1, 0.15) is 17.3 Å². The molecule has 1 aromatic carbocycles. The molecule has 4 heterocycles. The number of pyridine rings is 1. The highest BCUT2D eigenvalue weighted by Gasteiger charge is 2.28. The van der Waals surface area contributed by atoms with Crippen molar-refractivity contribution in [2.24, 2.45) is 0 Å². The number of hydrogen-bond acceptors (Lipinski definition) is 7. The van der Waals surface area contributed by atoms with Gasteiger partial charge >= 0.3 is 0 Å². The quantitative estimate of drug-likeness (QED) is 0.403. The summed E-state index contributed by atoms with van der Waals surface area (Å²) in [5.41, 5.74) is 2.21. The van der Waals surface area contributed by atoms with Crippen LogP contribution in [0.1, 0.15) is 24.4 Å². The van der Waals surface area contributed by atoms with Crippen molar-refractivity contribution in [1.82, 2.24) is 28.4 Å². The van der Waals surface area contributed by atoms with E-state index in [1.54, 1.807) is 25.4 Å². The summed E-state index contributed by atoms with van der Waals surface area (Å²) >= 11 is 0. The molecule has 6 rings (SSSR count). The van der Waals surface area contributed by atoms with Crippen molar-refractivity contribution >= 4 is 27.2 Å². The first kappa shape index (κ1) is 24.7. The minimum Gasteiger partial charge on any atom is -0.337 e. The molecule has 1 N–H and O–H groups in total. The molecule has 0 unspecified atom stereocenters. The average Bonchev–Trinajstić information content (AvgIpc) is 3.64. The number of likely N-dealkylation sites (N-methyl/N-ethyl adjacent to an activating group) is 1. The van der Waals surface area contributed by atoms with Crippen molar-refractivity contribution in [1.29, 1.82) is 0 Å². The smallest absolute Gasteiger partial charge is 0.262 e. The van der Waals surface area contributed by atoms with E-state index in [0.29, 0.717) is 43.4 Å². The van der Waals surface area contributed by atoms with Crippen molar-refractivity contribution in [2.75, 3.05) is 38.5 Å². The zero-order chi connectivity index (χ0) is 26.6. The van der Waals surface area contributed by atoms with Crippen molar-refractivity contribution in [3.8, 4) is 11.1 Å². The van der Waals surface area contributed by atoms with Crippen LogP contribution in [0.3, 0.4) is 0 Å². The fraction of sp³-hybridized carbons (Fsp3) is 0.346. The number of piperazine rings is 1. The Morgan fingerprint density at radius 1 is 1.03 bits per heavy atom. The molecule has 0 amide bonds. The van der Waals surface area contributed by atoms with E-state index < -0.39 is 15.8 Å². The van der Waals surface area contributed by atoms with Gasteiger partial charge in [-0.25, -0.2) is 17.8 Å². The predicted molar refractivity (Wildman–Crippen MR) is 142 cm³/mol. The molecule has 2 aliphatic rings. The van der Waals surface area contributed by atoms with Gasteiger partial charge in [-0.05, 0) is 57.1 Å². The molecule has 1 saturated carbocycles. The molecule has 198 valence electrons. The fourth-order valence-electron chi connectivity index (χ4n) is 4.61. The highest BCUT2D eigenvalue weighted by atomic mass is 32.2. The number of hydrogen-bond donors (Lipinski definition) is 1. The lowest BCUT2D eigenvalue weighted by atomic mass is 10.1. The summed E-state index contributed by atoms with van der Waals surface area (Å²) in [4.78, 5) is 19.7. The second-order valence-electron chi connectivity index (χ2n) is 9.95. The van der Waals surface area contributed by atoms with Gasteiger partial charge < -0.3 is 10.2 Å². The van der Waals surface area contributed by atoms with E-state index >= 15 is 4.39 Å². The average molecular weight is 538 g/mol. The largest absolute Gasteiger partial charge is 0.337 e. The summed E-state index contributed by atoms with van der Waals surface area (Å²) < 4.78 is 45.8. The monoisotopic (exact) mass is 537 g/mol. The van der Waals surface area contributed by atoms with Gasteiger partial charge in [-0.1, -0.05) is 0 Å². The first-order chi connectivity index (χ1) is 18.2. The maximum absolute atomic E-state index is 15.1. The molecule has 1 aliphatic heterocycles. The zero-order valence-electron chi connectivity index (χ0n) is 21.1. The van der Waals surface area contributed by atoms with E-state index in [-0.39, 0.29) is 22.0 Å². The first-order valence-corrected chi connectivity index (χ1v) is 14.0. The number of rotatable bonds is 6. The van der Waals surface area contributed by atoms with Crippen molar-refractivity contribution in [3.63, 3.8) is 0 Å². The fourth-order valence-corrected chi connectivity index (χ4v) is 6.04. The van der Waals surface area contributed by atoms with E-state index in [4.69, 9.17) is 0 Å². The van der Waals surface area contributed by atoms with Crippen molar-refractivity contribution < 1.29 is 12.8 Å². The van der Waals surface area contributed by atoms with Gasteiger partial charge in [-0.15, -0.1) is 0 Å². The molecule has 10 nitrogen and oxygen atoms in total. The molecule has 4 aromatic rings. The van der Waals surface area contributed by atoms with E-state index in [0.717, 1.165) is 30.0 Å². The second kappa shape index (κ2) is 9.29. The van der Waals surface area contributed by atoms with Crippen molar-refractivity contribution in [3.05, 3.63) is 70.7 Å². The van der Waals surface area contributed by atoms with Gasteiger partial charge in [0.25, 0.3) is 5.56 Å². The maximum atomic E-state index is 15.1. The number of nitrogens with one attached hydrogen (secondary N) is 1. The molecule has 0 radical (unpaired) electrons. The molecular weight excluding hydrogens is 509 g/mol.